The normalized spacial score (nSPS) is 12.0. The molecule has 2 rings (SSSR count). The van der Waals surface area contributed by atoms with Gasteiger partial charge in [0.2, 0.25) is 0 Å². The summed E-state index contributed by atoms with van der Waals surface area (Å²) in [6.45, 7) is 1.97. The van der Waals surface area contributed by atoms with E-state index in [-0.39, 0.29) is 11.9 Å². The summed E-state index contributed by atoms with van der Waals surface area (Å²) in [6.07, 6.45) is 0. The van der Waals surface area contributed by atoms with Crippen molar-refractivity contribution in [3.63, 3.8) is 0 Å². The topological polar surface area (TPSA) is 46.3 Å². The number of nitrogens with zero attached hydrogens (tertiary/aromatic N) is 1. The first-order valence-electron chi connectivity index (χ1n) is 6.48. The Bertz CT molecular complexity index is 675. The summed E-state index contributed by atoms with van der Waals surface area (Å²) in [6, 6.07) is 12.7. The number of rotatable bonds is 3. The zero-order valence-corrected chi connectivity index (χ0v) is 14.1. The molecule has 1 unspecified atom stereocenters. The van der Waals surface area contributed by atoms with E-state index in [1.165, 1.54) is 0 Å². The molecule has 110 valence electrons. The Kier molecular flexibility index (Phi) is 4.91. The lowest BCUT2D eigenvalue weighted by Crippen LogP contribution is -2.29. The fraction of sp³-hybridized carbons (Fsp3) is 0.188. The van der Waals surface area contributed by atoms with Crippen LogP contribution < -0.4 is 5.73 Å². The van der Waals surface area contributed by atoms with Crippen LogP contribution in [0.5, 0.6) is 0 Å². The number of carbonyl (C=O) groups excluding carboxylic acids is 1. The highest BCUT2D eigenvalue weighted by molar-refractivity contribution is 9.10. The van der Waals surface area contributed by atoms with Crippen LogP contribution in [0.3, 0.4) is 0 Å². The van der Waals surface area contributed by atoms with Gasteiger partial charge in [-0.05, 0) is 58.7 Å². The van der Waals surface area contributed by atoms with Crippen molar-refractivity contribution in [2.45, 2.75) is 13.0 Å². The second kappa shape index (κ2) is 6.50. The van der Waals surface area contributed by atoms with Crippen LogP contribution in [0.2, 0.25) is 5.02 Å². The van der Waals surface area contributed by atoms with Crippen molar-refractivity contribution >= 4 is 39.1 Å². The molecule has 3 nitrogen and oxygen atoms in total. The molecule has 0 saturated carbocycles. The molecular weight excluding hydrogens is 352 g/mol. The van der Waals surface area contributed by atoms with E-state index in [0.717, 1.165) is 10.0 Å². The number of hydrogen-bond acceptors (Lipinski definition) is 2. The van der Waals surface area contributed by atoms with Gasteiger partial charge >= 0.3 is 0 Å². The van der Waals surface area contributed by atoms with Gasteiger partial charge in [0.1, 0.15) is 0 Å². The van der Waals surface area contributed by atoms with Gasteiger partial charge in [0.05, 0.1) is 11.1 Å². The highest BCUT2D eigenvalue weighted by Crippen LogP contribution is 2.26. The standard InChI is InChI=1S/C16H16BrClN2O/c1-10(11-4-3-5-13(19)8-11)20(2)16(21)12-6-7-14(17)15(18)9-12/h3-10H,19H2,1-2H3. The molecule has 0 fully saturated rings. The minimum absolute atomic E-state index is 0.0802. The zero-order chi connectivity index (χ0) is 15.6. The van der Waals surface area contributed by atoms with Crippen LogP contribution in [0.15, 0.2) is 46.9 Å². The second-order valence-electron chi connectivity index (χ2n) is 4.89. The first-order valence-corrected chi connectivity index (χ1v) is 7.65. The quantitative estimate of drug-likeness (QED) is 0.811. The third kappa shape index (κ3) is 3.57. The highest BCUT2D eigenvalue weighted by atomic mass is 79.9. The summed E-state index contributed by atoms with van der Waals surface area (Å²) in [5.74, 6) is -0.0840. The number of hydrogen-bond donors (Lipinski definition) is 1. The number of halogens is 2. The van der Waals surface area contributed by atoms with Crippen molar-refractivity contribution in [1.29, 1.82) is 0 Å². The average Bonchev–Trinajstić information content (AvgIpc) is 2.47. The van der Waals surface area contributed by atoms with Crippen molar-refractivity contribution in [3.8, 4) is 0 Å². The van der Waals surface area contributed by atoms with Gasteiger partial charge in [-0.1, -0.05) is 23.7 Å². The summed E-state index contributed by atoms with van der Waals surface area (Å²) < 4.78 is 0.771. The van der Waals surface area contributed by atoms with Crippen LogP contribution in [-0.2, 0) is 0 Å². The Morgan fingerprint density at radius 2 is 2.00 bits per heavy atom. The minimum atomic E-state index is -0.0840. The fourth-order valence-corrected chi connectivity index (χ4v) is 2.48. The van der Waals surface area contributed by atoms with Gasteiger partial charge in [0.15, 0.2) is 0 Å². The number of anilines is 1. The Morgan fingerprint density at radius 1 is 1.29 bits per heavy atom. The monoisotopic (exact) mass is 366 g/mol. The summed E-state index contributed by atoms with van der Waals surface area (Å²) in [4.78, 5) is 14.2. The number of nitrogens with two attached hydrogens (primary N) is 1. The van der Waals surface area contributed by atoms with Crippen LogP contribution in [0.25, 0.3) is 0 Å². The van der Waals surface area contributed by atoms with Gasteiger partial charge in [-0.3, -0.25) is 4.79 Å². The van der Waals surface area contributed by atoms with Gasteiger partial charge in [-0.15, -0.1) is 0 Å². The van der Waals surface area contributed by atoms with Gasteiger partial charge in [0, 0.05) is 22.8 Å². The second-order valence-corrected chi connectivity index (χ2v) is 6.15. The molecular formula is C16H16BrClN2O. The highest BCUT2D eigenvalue weighted by Gasteiger charge is 2.19. The van der Waals surface area contributed by atoms with E-state index in [2.05, 4.69) is 15.9 Å². The Labute approximate surface area is 137 Å². The maximum absolute atomic E-state index is 12.5. The summed E-state index contributed by atoms with van der Waals surface area (Å²) in [5, 5.41) is 0.519. The summed E-state index contributed by atoms with van der Waals surface area (Å²) in [7, 11) is 1.77. The number of benzene rings is 2. The molecule has 0 heterocycles. The maximum atomic E-state index is 12.5. The zero-order valence-electron chi connectivity index (χ0n) is 11.8. The molecule has 0 radical (unpaired) electrons. The molecule has 1 amide bonds. The van der Waals surface area contributed by atoms with Crippen LogP contribution in [-0.4, -0.2) is 17.9 Å². The van der Waals surface area contributed by atoms with Crippen molar-refractivity contribution < 1.29 is 4.79 Å². The predicted octanol–water partition coefficient (Wildman–Crippen LogP) is 4.52. The van der Waals surface area contributed by atoms with E-state index in [1.807, 2.05) is 31.2 Å². The van der Waals surface area contributed by atoms with Gasteiger partial charge in [-0.2, -0.15) is 0 Å². The fourth-order valence-electron chi connectivity index (χ4n) is 2.05. The molecule has 5 heteroatoms. The maximum Gasteiger partial charge on any atom is 0.254 e. The van der Waals surface area contributed by atoms with E-state index in [0.29, 0.717) is 16.3 Å². The lowest BCUT2D eigenvalue weighted by molar-refractivity contribution is 0.0742. The lowest BCUT2D eigenvalue weighted by atomic mass is 10.1. The SMILES string of the molecule is CC(c1cccc(N)c1)N(C)C(=O)c1ccc(Br)c(Cl)c1. The molecule has 0 aliphatic rings. The third-order valence-corrected chi connectivity index (χ3v) is 4.69. The average molecular weight is 368 g/mol. The number of nitrogen functional groups attached to an aromatic ring is 1. The van der Waals surface area contributed by atoms with Gasteiger partial charge in [0.25, 0.3) is 5.91 Å². The van der Waals surface area contributed by atoms with E-state index in [9.17, 15) is 4.79 Å². The smallest absolute Gasteiger partial charge is 0.254 e. The van der Waals surface area contributed by atoms with Crippen molar-refractivity contribution in [1.82, 2.24) is 4.90 Å². The Morgan fingerprint density at radius 3 is 2.62 bits per heavy atom. The molecule has 2 N–H and O–H groups in total. The molecule has 0 aromatic heterocycles. The third-order valence-electron chi connectivity index (χ3n) is 3.46. The molecule has 0 spiro atoms. The van der Waals surface area contributed by atoms with Crippen LogP contribution in [0, 0.1) is 0 Å². The molecule has 0 aliphatic carbocycles. The van der Waals surface area contributed by atoms with Gasteiger partial charge < -0.3 is 10.6 Å². The molecule has 2 aromatic rings. The Balaban J connectivity index is 2.24. The van der Waals surface area contributed by atoms with Crippen LogP contribution in [0.4, 0.5) is 5.69 Å². The molecule has 0 aliphatic heterocycles. The molecule has 21 heavy (non-hydrogen) atoms. The minimum Gasteiger partial charge on any atom is -0.399 e. The van der Waals surface area contributed by atoms with Crippen molar-refractivity contribution in [2.75, 3.05) is 12.8 Å². The summed E-state index contributed by atoms with van der Waals surface area (Å²) in [5.41, 5.74) is 8.03. The predicted molar refractivity (Wildman–Crippen MR) is 90.5 cm³/mol. The van der Waals surface area contributed by atoms with Gasteiger partial charge in [-0.25, -0.2) is 0 Å². The largest absolute Gasteiger partial charge is 0.399 e. The van der Waals surface area contributed by atoms with Crippen molar-refractivity contribution in [2.24, 2.45) is 0 Å². The molecule has 0 saturated heterocycles. The lowest BCUT2D eigenvalue weighted by Gasteiger charge is -2.25. The summed E-state index contributed by atoms with van der Waals surface area (Å²) >= 11 is 9.36. The van der Waals surface area contributed by atoms with E-state index < -0.39 is 0 Å². The van der Waals surface area contributed by atoms with Crippen LogP contribution in [0.1, 0.15) is 28.9 Å². The van der Waals surface area contributed by atoms with E-state index in [4.69, 9.17) is 17.3 Å². The molecule has 2 aromatic carbocycles. The Hall–Kier alpha value is -1.52. The number of amides is 1. The molecule has 1 atom stereocenters. The van der Waals surface area contributed by atoms with E-state index >= 15 is 0 Å². The molecule has 0 bridgehead atoms. The first kappa shape index (κ1) is 15.9. The first-order chi connectivity index (χ1) is 9.90. The van der Waals surface area contributed by atoms with E-state index in [1.54, 1.807) is 30.1 Å². The van der Waals surface area contributed by atoms with Crippen molar-refractivity contribution in [3.05, 3.63) is 63.1 Å². The van der Waals surface area contributed by atoms with Crippen LogP contribution >= 0.6 is 27.5 Å². The number of carbonyl (C=O) groups is 1.